The Bertz CT molecular complexity index is 1030. The number of benzene rings is 1. The summed E-state index contributed by atoms with van der Waals surface area (Å²) < 4.78 is 0. The first-order chi connectivity index (χ1) is 17.4. The maximum Gasteiger partial charge on any atom is 0.326 e. The minimum atomic E-state index is -1.69. The summed E-state index contributed by atoms with van der Waals surface area (Å²) >= 11 is 0. The predicted octanol–water partition coefficient (Wildman–Crippen LogP) is -1.35. The number of nitrogens with one attached hydrogen (secondary N) is 2. The molecule has 4 atom stereocenters. The molecule has 202 valence electrons. The van der Waals surface area contributed by atoms with Crippen LogP contribution in [0.25, 0.3) is 0 Å². The third kappa shape index (κ3) is 8.75. The summed E-state index contributed by atoms with van der Waals surface area (Å²) in [5.41, 5.74) is 6.34. The molecule has 3 amide bonds. The van der Waals surface area contributed by atoms with E-state index in [1.54, 1.807) is 0 Å². The Hall–Kier alpha value is -4.20. The molecule has 0 aromatic heterocycles. The second kappa shape index (κ2) is 13.2. The van der Waals surface area contributed by atoms with E-state index >= 15 is 0 Å². The van der Waals surface area contributed by atoms with Gasteiger partial charge in [-0.2, -0.15) is 0 Å². The van der Waals surface area contributed by atoms with Crippen LogP contribution in [0.4, 0.5) is 0 Å². The Labute approximate surface area is 211 Å². The van der Waals surface area contributed by atoms with E-state index in [4.69, 9.17) is 15.9 Å². The van der Waals surface area contributed by atoms with Crippen LogP contribution < -0.4 is 16.4 Å². The summed E-state index contributed by atoms with van der Waals surface area (Å²) in [7, 11) is 0. The molecular weight excluding hydrogens is 492 g/mol. The summed E-state index contributed by atoms with van der Waals surface area (Å²) in [6, 6.07) is 0.625. The zero-order valence-corrected chi connectivity index (χ0v) is 19.8. The van der Waals surface area contributed by atoms with Gasteiger partial charge in [-0.25, -0.2) is 4.79 Å². The summed E-state index contributed by atoms with van der Waals surface area (Å²) in [6.07, 6.45) is -0.835. The number of carbonyl (C=O) groups is 6. The number of aliphatic carboxylic acids is 3. The first-order valence-electron chi connectivity index (χ1n) is 11.5. The smallest absolute Gasteiger partial charge is 0.326 e. The molecule has 1 aromatic rings. The monoisotopic (exact) mass is 522 g/mol. The van der Waals surface area contributed by atoms with Crippen molar-refractivity contribution in [2.24, 2.45) is 5.73 Å². The van der Waals surface area contributed by atoms with E-state index in [1.807, 2.05) is 0 Å². The molecule has 1 heterocycles. The van der Waals surface area contributed by atoms with Gasteiger partial charge >= 0.3 is 17.9 Å². The normalized spacial score (nSPS) is 17.3. The van der Waals surface area contributed by atoms with Gasteiger partial charge in [0.1, 0.15) is 23.9 Å². The molecule has 1 aromatic carbocycles. The van der Waals surface area contributed by atoms with Gasteiger partial charge in [-0.05, 0) is 37.0 Å². The zero-order chi connectivity index (χ0) is 27.7. The van der Waals surface area contributed by atoms with Gasteiger partial charge in [-0.15, -0.1) is 0 Å². The van der Waals surface area contributed by atoms with Crippen LogP contribution in [-0.4, -0.2) is 91.7 Å². The molecule has 4 unspecified atom stereocenters. The molecule has 0 bridgehead atoms. The van der Waals surface area contributed by atoms with Crippen LogP contribution >= 0.6 is 0 Å². The highest BCUT2D eigenvalue weighted by Gasteiger charge is 2.39. The minimum absolute atomic E-state index is 0.0167. The molecule has 1 saturated heterocycles. The SMILES string of the molecule is NC(CCC(=O)O)C(=O)NC(Cc1ccc(O)cc1)C(=O)N1CCCC1C(=O)NC(CC(=O)O)C(=O)O. The molecule has 14 heteroatoms. The second-order valence-electron chi connectivity index (χ2n) is 8.66. The molecule has 1 aliphatic rings. The van der Waals surface area contributed by atoms with Crippen molar-refractivity contribution in [1.82, 2.24) is 15.5 Å². The van der Waals surface area contributed by atoms with Crippen LogP contribution in [0.1, 0.15) is 37.7 Å². The zero-order valence-electron chi connectivity index (χ0n) is 19.8. The average Bonchev–Trinajstić information content (AvgIpc) is 3.32. The van der Waals surface area contributed by atoms with Crippen molar-refractivity contribution in [3.05, 3.63) is 29.8 Å². The summed E-state index contributed by atoms with van der Waals surface area (Å²) in [5.74, 6) is -6.40. The van der Waals surface area contributed by atoms with Crippen molar-refractivity contribution in [3.63, 3.8) is 0 Å². The molecule has 8 N–H and O–H groups in total. The number of rotatable bonds is 13. The van der Waals surface area contributed by atoms with E-state index < -0.39 is 66.2 Å². The number of nitrogens with zero attached hydrogens (tertiary/aromatic N) is 1. The highest BCUT2D eigenvalue weighted by Crippen LogP contribution is 2.21. The van der Waals surface area contributed by atoms with Crippen molar-refractivity contribution >= 4 is 35.6 Å². The number of aromatic hydroxyl groups is 1. The lowest BCUT2D eigenvalue weighted by Crippen LogP contribution is -2.57. The van der Waals surface area contributed by atoms with Gasteiger partial charge in [0.25, 0.3) is 0 Å². The Morgan fingerprint density at radius 1 is 0.973 bits per heavy atom. The Balaban J connectivity index is 2.22. The fourth-order valence-corrected chi connectivity index (χ4v) is 3.90. The molecule has 1 aliphatic heterocycles. The van der Waals surface area contributed by atoms with Crippen LogP contribution in [0.2, 0.25) is 0 Å². The van der Waals surface area contributed by atoms with E-state index in [0.717, 1.165) is 0 Å². The van der Waals surface area contributed by atoms with Crippen LogP contribution in [0.5, 0.6) is 5.75 Å². The third-order valence-corrected chi connectivity index (χ3v) is 5.83. The number of carbonyl (C=O) groups excluding carboxylic acids is 3. The summed E-state index contributed by atoms with van der Waals surface area (Å²) in [5, 5.41) is 41.1. The predicted molar refractivity (Wildman–Crippen MR) is 125 cm³/mol. The number of carboxylic acid groups (broad SMARTS) is 3. The highest BCUT2D eigenvalue weighted by molar-refractivity contribution is 5.95. The van der Waals surface area contributed by atoms with Gasteiger partial charge in [0.2, 0.25) is 17.7 Å². The molecule has 14 nitrogen and oxygen atoms in total. The van der Waals surface area contributed by atoms with E-state index in [1.165, 1.54) is 29.2 Å². The van der Waals surface area contributed by atoms with E-state index in [9.17, 15) is 39.0 Å². The van der Waals surface area contributed by atoms with Crippen molar-refractivity contribution in [1.29, 1.82) is 0 Å². The summed E-state index contributed by atoms with van der Waals surface area (Å²) in [4.78, 5) is 73.2. The van der Waals surface area contributed by atoms with Crippen molar-refractivity contribution in [3.8, 4) is 5.75 Å². The fraction of sp³-hybridized carbons (Fsp3) is 0.478. The maximum absolute atomic E-state index is 13.5. The lowest BCUT2D eigenvalue weighted by Gasteiger charge is -2.30. The molecule has 37 heavy (non-hydrogen) atoms. The van der Waals surface area contributed by atoms with Gasteiger partial charge in [0.05, 0.1) is 12.5 Å². The lowest BCUT2D eigenvalue weighted by atomic mass is 10.0. The van der Waals surface area contributed by atoms with E-state index in [-0.39, 0.29) is 38.0 Å². The average molecular weight is 523 g/mol. The van der Waals surface area contributed by atoms with E-state index in [0.29, 0.717) is 12.0 Å². The number of hydrogen-bond donors (Lipinski definition) is 7. The van der Waals surface area contributed by atoms with Crippen LogP contribution in [-0.2, 0) is 35.2 Å². The number of phenols is 1. The molecular formula is C23H30N4O10. The topological polar surface area (TPSA) is 237 Å². The Kier molecular flexibility index (Phi) is 10.4. The summed E-state index contributed by atoms with van der Waals surface area (Å²) in [6.45, 7) is 0.126. The van der Waals surface area contributed by atoms with Gasteiger partial charge in [-0.1, -0.05) is 12.1 Å². The van der Waals surface area contributed by atoms with Crippen molar-refractivity contribution < 1.29 is 49.2 Å². The number of amides is 3. The fourth-order valence-electron chi connectivity index (χ4n) is 3.90. The number of nitrogens with two attached hydrogens (primary N) is 1. The molecule has 2 rings (SSSR count). The van der Waals surface area contributed by atoms with Crippen LogP contribution in [0.3, 0.4) is 0 Å². The largest absolute Gasteiger partial charge is 0.508 e. The standard InChI is InChI=1S/C23H30N4O10/c24-14(7-8-18(29)30)20(33)25-15(10-12-3-5-13(28)6-4-12)22(35)27-9-1-2-17(27)21(34)26-16(23(36)37)11-19(31)32/h3-6,14-17,28H,1-2,7-11,24H2,(H,25,33)(H,26,34)(H,29,30)(H,31,32)(H,36,37). The third-order valence-electron chi connectivity index (χ3n) is 5.83. The lowest BCUT2D eigenvalue weighted by molar-refractivity contribution is -0.148. The molecule has 0 aliphatic carbocycles. The molecule has 0 radical (unpaired) electrons. The first kappa shape index (κ1) is 29.0. The number of hydrogen-bond acceptors (Lipinski definition) is 8. The van der Waals surface area contributed by atoms with Gasteiger partial charge in [0, 0.05) is 19.4 Å². The minimum Gasteiger partial charge on any atom is -0.508 e. The molecule has 0 saturated carbocycles. The maximum atomic E-state index is 13.5. The molecule has 1 fully saturated rings. The Morgan fingerprint density at radius 2 is 1.62 bits per heavy atom. The van der Waals surface area contributed by atoms with Crippen LogP contribution in [0, 0.1) is 0 Å². The quantitative estimate of drug-likeness (QED) is 0.160. The van der Waals surface area contributed by atoms with Crippen molar-refractivity contribution in [2.45, 2.75) is 62.7 Å². The van der Waals surface area contributed by atoms with Gasteiger partial charge in [-0.3, -0.25) is 24.0 Å². The van der Waals surface area contributed by atoms with Crippen molar-refractivity contribution in [2.75, 3.05) is 6.54 Å². The van der Waals surface area contributed by atoms with Gasteiger partial charge in [0.15, 0.2) is 0 Å². The number of carboxylic acids is 3. The molecule has 0 spiro atoms. The number of likely N-dealkylation sites (tertiary alicyclic amines) is 1. The number of phenolic OH excluding ortho intramolecular Hbond substituents is 1. The first-order valence-corrected chi connectivity index (χ1v) is 11.5. The van der Waals surface area contributed by atoms with Gasteiger partial charge < -0.3 is 41.7 Å². The van der Waals surface area contributed by atoms with Crippen LogP contribution in [0.15, 0.2) is 24.3 Å². The van der Waals surface area contributed by atoms with E-state index in [2.05, 4.69) is 10.6 Å². The second-order valence-corrected chi connectivity index (χ2v) is 8.66. The Morgan fingerprint density at radius 3 is 2.19 bits per heavy atom. The highest BCUT2D eigenvalue weighted by atomic mass is 16.4.